The highest BCUT2D eigenvalue weighted by atomic mass is 32.1. The summed E-state index contributed by atoms with van der Waals surface area (Å²) in [7, 11) is 0. The Kier molecular flexibility index (Phi) is 8.53. The Hall–Kier alpha value is -8.66. The third kappa shape index (κ3) is 6.05. The molecule has 0 amide bonds. The smallest absolute Gasteiger partial charge is 0.161 e. The molecular formula is C56H36N8S. The van der Waals surface area contributed by atoms with Crippen molar-refractivity contribution in [3.8, 4) is 11.4 Å². The van der Waals surface area contributed by atoms with Crippen molar-refractivity contribution in [2.24, 2.45) is 0 Å². The van der Waals surface area contributed by atoms with Crippen LogP contribution >= 0.6 is 11.3 Å². The van der Waals surface area contributed by atoms with Crippen LogP contribution in [0.1, 0.15) is 0 Å². The van der Waals surface area contributed by atoms with Crippen LogP contribution in [0.4, 0.5) is 34.4 Å². The van der Waals surface area contributed by atoms with E-state index in [4.69, 9.17) is 20.4 Å². The first-order valence-corrected chi connectivity index (χ1v) is 22.4. The average Bonchev–Trinajstić information content (AvgIpc) is 4.02. The molecule has 0 radical (unpaired) electrons. The van der Waals surface area contributed by atoms with Gasteiger partial charge in [-0.25, -0.2) is 0 Å². The molecule has 5 heterocycles. The summed E-state index contributed by atoms with van der Waals surface area (Å²) in [5, 5.41) is 24.2. The summed E-state index contributed by atoms with van der Waals surface area (Å²) < 4.78 is 6.61. The van der Waals surface area contributed by atoms with Crippen LogP contribution in [0.2, 0.25) is 0 Å². The van der Waals surface area contributed by atoms with Crippen molar-refractivity contribution in [1.29, 1.82) is 0 Å². The summed E-state index contributed by atoms with van der Waals surface area (Å²) in [5.41, 5.74) is 12.2. The summed E-state index contributed by atoms with van der Waals surface area (Å²) >= 11 is 1.65. The van der Waals surface area contributed by atoms with E-state index < -0.39 is 0 Å². The normalized spacial score (nSPS) is 11.7. The van der Waals surface area contributed by atoms with Gasteiger partial charge in [-0.2, -0.15) is 0 Å². The Morgan fingerprint density at radius 1 is 0.308 bits per heavy atom. The van der Waals surface area contributed by atoms with Gasteiger partial charge in [-0.1, -0.05) is 109 Å². The SMILES string of the molecule is c1ccc(N(c2ccc3c(c2)c2ccccc2n3-c2ccccc2)c2cc3sc4cc(N(c5ccccc5)c5ccc6c(c5)c5ccccc5n6-c5ccccc5)nnc4c3nn2)cc1. The summed E-state index contributed by atoms with van der Waals surface area (Å²) in [6, 6.07) is 76.6. The lowest BCUT2D eigenvalue weighted by Gasteiger charge is -2.24. The molecular weight excluding hydrogens is 817 g/mol. The highest BCUT2D eigenvalue weighted by Crippen LogP contribution is 2.43. The van der Waals surface area contributed by atoms with Crippen LogP contribution in [-0.4, -0.2) is 29.5 Å². The summed E-state index contributed by atoms with van der Waals surface area (Å²) in [4.78, 5) is 4.37. The average molecular weight is 853 g/mol. The van der Waals surface area contributed by atoms with E-state index in [2.05, 4.69) is 225 Å². The zero-order valence-corrected chi connectivity index (χ0v) is 35.6. The molecule has 13 rings (SSSR count). The zero-order chi connectivity index (χ0) is 42.8. The fourth-order valence-electron chi connectivity index (χ4n) is 9.44. The number of thiophene rings is 1. The Labute approximate surface area is 377 Å². The fourth-order valence-corrected chi connectivity index (χ4v) is 10.5. The van der Waals surface area contributed by atoms with Crippen molar-refractivity contribution < 1.29 is 0 Å². The van der Waals surface area contributed by atoms with Crippen molar-refractivity contribution in [2.75, 3.05) is 9.80 Å². The maximum absolute atomic E-state index is 4.91. The van der Waals surface area contributed by atoms with E-state index in [-0.39, 0.29) is 0 Å². The monoisotopic (exact) mass is 852 g/mol. The molecule has 5 aromatic heterocycles. The van der Waals surface area contributed by atoms with Gasteiger partial charge in [0.2, 0.25) is 0 Å². The molecule has 65 heavy (non-hydrogen) atoms. The first-order valence-electron chi connectivity index (χ1n) is 21.6. The molecule has 0 aliphatic carbocycles. The number of para-hydroxylation sites is 6. The number of benzene rings is 8. The lowest BCUT2D eigenvalue weighted by atomic mass is 10.1. The van der Waals surface area contributed by atoms with Gasteiger partial charge >= 0.3 is 0 Å². The zero-order valence-electron chi connectivity index (χ0n) is 34.8. The van der Waals surface area contributed by atoms with E-state index in [9.17, 15) is 0 Å². The van der Waals surface area contributed by atoms with Crippen molar-refractivity contribution >= 4 is 110 Å². The Morgan fingerprint density at radius 2 is 0.677 bits per heavy atom. The number of rotatable bonds is 8. The third-order valence-corrected chi connectivity index (χ3v) is 13.3. The second-order valence-electron chi connectivity index (χ2n) is 16.1. The van der Waals surface area contributed by atoms with Crippen LogP contribution in [0.15, 0.2) is 218 Å². The maximum Gasteiger partial charge on any atom is 0.161 e. The van der Waals surface area contributed by atoms with E-state index in [1.807, 2.05) is 12.1 Å². The van der Waals surface area contributed by atoms with Gasteiger partial charge in [-0.05, 0) is 97.1 Å². The molecule has 0 bridgehead atoms. The van der Waals surface area contributed by atoms with Gasteiger partial charge in [0.15, 0.2) is 11.6 Å². The van der Waals surface area contributed by atoms with Crippen LogP contribution in [0.3, 0.4) is 0 Å². The van der Waals surface area contributed by atoms with Gasteiger partial charge in [-0.15, -0.1) is 31.7 Å². The third-order valence-electron chi connectivity index (χ3n) is 12.3. The van der Waals surface area contributed by atoms with Crippen molar-refractivity contribution in [3.63, 3.8) is 0 Å². The van der Waals surface area contributed by atoms with Crippen molar-refractivity contribution in [1.82, 2.24) is 29.5 Å². The predicted molar refractivity (Wildman–Crippen MR) is 269 cm³/mol. The molecule has 0 atom stereocenters. The van der Waals surface area contributed by atoms with Crippen LogP contribution in [-0.2, 0) is 0 Å². The van der Waals surface area contributed by atoms with Gasteiger partial charge in [0, 0.05) is 67.8 Å². The highest BCUT2D eigenvalue weighted by Gasteiger charge is 2.23. The van der Waals surface area contributed by atoms with E-state index in [0.717, 1.165) is 87.4 Å². The van der Waals surface area contributed by atoms with Crippen molar-refractivity contribution in [2.45, 2.75) is 0 Å². The number of hydrogen-bond donors (Lipinski definition) is 0. The fraction of sp³-hybridized carbons (Fsp3) is 0. The molecule has 0 unspecified atom stereocenters. The van der Waals surface area contributed by atoms with E-state index in [0.29, 0.717) is 11.6 Å². The van der Waals surface area contributed by atoms with Crippen LogP contribution in [0.25, 0.3) is 75.4 Å². The molecule has 8 nitrogen and oxygen atoms in total. The topological polar surface area (TPSA) is 67.9 Å². The first kappa shape index (κ1) is 36.9. The molecule has 0 aliphatic rings. The van der Waals surface area contributed by atoms with Crippen LogP contribution < -0.4 is 9.80 Å². The molecule has 0 fully saturated rings. The minimum Gasteiger partial charge on any atom is -0.309 e. The Bertz CT molecular complexity index is 3650. The van der Waals surface area contributed by atoms with Gasteiger partial charge in [0.05, 0.1) is 31.5 Å². The minimum absolute atomic E-state index is 0.712. The molecule has 9 heteroatoms. The van der Waals surface area contributed by atoms with Gasteiger partial charge in [-0.3, -0.25) is 9.80 Å². The van der Waals surface area contributed by atoms with Gasteiger partial charge in [0.1, 0.15) is 11.0 Å². The van der Waals surface area contributed by atoms with Crippen LogP contribution in [0, 0.1) is 0 Å². The molecule has 13 aromatic rings. The molecule has 0 N–H and O–H groups in total. The van der Waals surface area contributed by atoms with Crippen molar-refractivity contribution in [3.05, 3.63) is 218 Å². The second-order valence-corrected chi connectivity index (χ2v) is 17.1. The molecule has 0 spiro atoms. The Morgan fingerprint density at radius 3 is 1.11 bits per heavy atom. The van der Waals surface area contributed by atoms with Crippen LogP contribution in [0.5, 0.6) is 0 Å². The highest BCUT2D eigenvalue weighted by molar-refractivity contribution is 7.25. The lowest BCUT2D eigenvalue weighted by molar-refractivity contribution is 1.03. The Balaban J connectivity index is 0.936. The molecule has 0 saturated heterocycles. The van der Waals surface area contributed by atoms with Gasteiger partial charge < -0.3 is 9.13 Å². The molecule has 0 saturated carbocycles. The summed E-state index contributed by atoms with van der Waals surface area (Å²) in [6.07, 6.45) is 0. The molecule has 8 aromatic carbocycles. The van der Waals surface area contributed by atoms with Gasteiger partial charge in [0.25, 0.3) is 0 Å². The first-order chi connectivity index (χ1) is 32.2. The van der Waals surface area contributed by atoms with E-state index in [1.165, 1.54) is 10.8 Å². The number of anilines is 6. The molecule has 306 valence electrons. The summed E-state index contributed by atoms with van der Waals surface area (Å²) in [6.45, 7) is 0. The minimum atomic E-state index is 0.712. The van der Waals surface area contributed by atoms with E-state index in [1.54, 1.807) is 11.3 Å². The standard InChI is InChI=1S/C56H36N8S/c1-5-17-37(18-6-1)61(41-29-31-49-45(33-41)43-25-13-15-27-47(43)63(49)39-21-9-3-10-22-39)53-35-51-55(59-57-53)56-52(65-51)36-54(58-60-56)62(38-19-7-2-8-20-38)42-30-32-50-46(34-42)44-26-14-16-28-48(44)64(50)40-23-11-4-12-24-40/h1-36H. The predicted octanol–water partition coefficient (Wildman–Crippen LogP) is 14.8. The summed E-state index contributed by atoms with van der Waals surface area (Å²) in [5.74, 6) is 1.42. The number of hydrogen-bond acceptors (Lipinski definition) is 7. The quantitative estimate of drug-likeness (QED) is 0.152. The second kappa shape index (κ2) is 15.0. The lowest BCUT2D eigenvalue weighted by Crippen LogP contribution is -2.12. The molecule has 0 aliphatic heterocycles. The number of nitrogens with zero attached hydrogens (tertiary/aromatic N) is 8. The largest absolute Gasteiger partial charge is 0.309 e. The number of aromatic nitrogens is 6. The maximum atomic E-state index is 4.91. The number of fused-ring (bicyclic) bond motifs is 9. The van der Waals surface area contributed by atoms with E-state index >= 15 is 0 Å².